The number of nitrogens with one attached hydrogen (secondary N) is 1. The monoisotopic (exact) mass is 266 g/mol. The summed E-state index contributed by atoms with van der Waals surface area (Å²) < 4.78 is 0. The van der Waals surface area contributed by atoms with Crippen LogP contribution in [0.25, 0.3) is 0 Å². The third kappa shape index (κ3) is 3.39. The predicted molar refractivity (Wildman–Crippen MR) is 79.4 cm³/mol. The lowest BCUT2D eigenvalue weighted by Gasteiger charge is -2.32. The average molecular weight is 267 g/mol. The Balaban J connectivity index is 2.09. The van der Waals surface area contributed by atoms with Crippen LogP contribution in [0.3, 0.4) is 0 Å². The lowest BCUT2D eigenvalue weighted by Crippen LogP contribution is -2.30. The summed E-state index contributed by atoms with van der Waals surface area (Å²) in [5.41, 5.74) is 2.61. The van der Waals surface area contributed by atoms with Crippen LogP contribution in [0.5, 0.6) is 0 Å². The molecule has 3 heteroatoms. The second kappa shape index (κ2) is 6.44. The molecule has 1 saturated carbocycles. The maximum atomic E-state index is 6.13. The Morgan fingerprint density at radius 3 is 2.78 bits per heavy atom. The highest BCUT2D eigenvalue weighted by atomic mass is 35.5. The molecule has 2 nitrogen and oxygen atoms in total. The summed E-state index contributed by atoms with van der Waals surface area (Å²) in [7, 11) is 2.18. The van der Waals surface area contributed by atoms with E-state index in [0.717, 1.165) is 30.6 Å². The Labute approximate surface area is 115 Å². The fraction of sp³-hybridized carbons (Fsp3) is 0.600. The third-order valence-corrected chi connectivity index (χ3v) is 4.02. The van der Waals surface area contributed by atoms with Gasteiger partial charge in [-0.05, 0) is 43.0 Å². The van der Waals surface area contributed by atoms with Crippen molar-refractivity contribution in [2.24, 2.45) is 5.92 Å². The molecule has 0 amide bonds. The van der Waals surface area contributed by atoms with Crippen molar-refractivity contribution in [2.75, 3.05) is 25.0 Å². The average Bonchev–Trinajstić information content (AvgIpc) is 2.32. The van der Waals surface area contributed by atoms with Gasteiger partial charge in [0.1, 0.15) is 0 Å². The van der Waals surface area contributed by atoms with E-state index in [1.807, 2.05) is 6.07 Å². The second-order valence-corrected chi connectivity index (χ2v) is 5.67. The molecule has 18 heavy (non-hydrogen) atoms. The van der Waals surface area contributed by atoms with Crippen molar-refractivity contribution < 1.29 is 0 Å². The number of halogens is 1. The van der Waals surface area contributed by atoms with Gasteiger partial charge < -0.3 is 10.2 Å². The number of hydrogen-bond donors (Lipinski definition) is 1. The zero-order valence-electron chi connectivity index (χ0n) is 11.4. The van der Waals surface area contributed by atoms with E-state index in [0.29, 0.717) is 0 Å². The summed E-state index contributed by atoms with van der Waals surface area (Å²) in [6.45, 7) is 5.19. The van der Waals surface area contributed by atoms with E-state index in [2.05, 4.69) is 36.3 Å². The molecule has 0 aliphatic heterocycles. The first-order valence-corrected chi connectivity index (χ1v) is 7.28. The summed E-state index contributed by atoms with van der Waals surface area (Å²) in [5, 5.41) is 4.22. The number of hydrogen-bond acceptors (Lipinski definition) is 2. The zero-order valence-corrected chi connectivity index (χ0v) is 12.1. The zero-order chi connectivity index (χ0) is 13.0. The molecule has 1 fully saturated rings. The van der Waals surface area contributed by atoms with E-state index in [1.165, 1.54) is 30.5 Å². The molecule has 1 aromatic carbocycles. The van der Waals surface area contributed by atoms with E-state index < -0.39 is 0 Å². The van der Waals surface area contributed by atoms with Crippen LogP contribution in [-0.2, 0) is 6.54 Å². The first-order chi connectivity index (χ1) is 8.70. The SMILES string of the molecule is CCNCc1ccc(Cl)cc1N(C)CC1CCC1. The number of nitrogens with zero attached hydrogens (tertiary/aromatic N) is 1. The molecule has 1 aromatic rings. The molecule has 0 atom stereocenters. The summed E-state index contributed by atoms with van der Waals surface area (Å²) >= 11 is 6.13. The molecular weight excluding hydrogens is 244 g/mol. The molecule has 0 spiro atoms. The van der Waals surface area contributed by atoms with Crippen LogP contribution in [0.2, 0.25) is 5.02 Å². The van der Waals surface area contributed by atoms with Gasteiger partial charge in [0.05, 0.1) is 0 Å². The Morgan fingerprint density at radius 2 is 2.17 bits per heavy atom. The first kappa shape index (κ1) is 13.7. The third-order valence-electron chi connectivity index (χ3n) is 3.78. The summed E-state index contributed by atoms with van der Waals surface area (Å²) in [6, 6.07) is 6.21. The standard InChI is InChI=1S/C15H23ClN2/c1-3-17-10-13-7-8-14(16)9-15(13)18(2)11-12-5-4-6-12/h7-9,12,17H,3-6,10-11H2,1-2H3. The van der Waals surface area contributed by atoms with E-state index >= 15 is 0 Å². The Bertz CT molecular complexity index is 388. The molecule has 2 rings (SSSR count). The minimum Gasteiger partial charge on any atom is -0.374 e. The first-order valence-electron chi connectivity index (χ1n) is 6.91. The minimum absolute atomic E-state index is 0.825. The van der Waals surface area contributed by atoms with Crippen LogP contribution in [0.4, 0.5) is 5.69 Å². The van der Waals surface area contributed by atoms with Gasteiger partial charge in [0.2, 0.25) is 0 Å². The maximum absolute atomic E-state index is 6.13. The molecular formula is C15H23ClN2. The van der Waals surface area contributed by atoms with Crippen LogP contribution in [-0.4, -0.2) is 20.1 Å². The van der Waals surface area contributed by atoms with Gasteiger partial charge >= 0.3 is 0 Å². The highest BCUT2D eigenvalue weighted by molar-refractivity contribution is 6.30. The Hall–Kier alpha value is -0.730. The fourth-order valence-corrected chi connectivity index (χ4v) is 2.63. The van der Waals surface area contributed by atoms with Gasteiger partial charge in [-0.3, -0.25) is 0 Å². The molecule has 100 valence electrons. The predicted octanol–water partition coefficient (Wildman–Crippen LogP) is 3.69. The molecule has 0 unspecified atom stereocenters. The number of rotatable bonds is 6. The van der Waals surface area contributed by atoms with Crippen LogP contribution in [0, 0.1) is 5.92 Å². The van der Waals surface area contributed by atoms with Crippen molar-refractivity contribution in [1.29, 1.82) is 0 Å². The van der Waals surface area contributed by atoms with Gasteiger partial charge in [-0.15, -0.1) is 0 Å². The van der Waals surface area contributed by atoms with Crippen LogP contribution in [0.1, 0.15) is 31.7 Å². The van der Waals surface area contributed by atoms with Crippen molar-refractivity contribution in [3.63, 3.8) is 0 Å². The van der Waals surface area contributed by atoms with Crippen molar-refractivity contribution in [3.05, 3.63) is 28.8 Å². The van der Waals surface area contributed by atoms with Crippen molar-refractivity contribution in [2.45, 2.75) is 32.7 Å². The molecule has 0 heterocycles. The molecule has 1 aliphatic rings. The molecule has 0 aromatic heterocycles. The number of anilines is 1. The molecule has 0 radical (unpaired) electrons. The summed E-state index contributed by atoms with van der Waals surface area (Å²) in [4.78, 5) is 2.36. The molecule has 1 aliphatic carbocycles. The Morgan fingerprint density at radius 1 is 1.39 bits per heavy atom. The van der Waals surface area contributed by atoms with Crippen molar-refractivity contribution in [1.82, 2.24) is 5.32 Å². The van der Waals surface area contributed by atoms with E-state index in [9.17, 15) is 0 Å². The van der Waals surface area contributed by atoms with Gasteiger partial charge in [-0.25, -0.2) is 0 Å². The Kier molecular flexibility index (Phi) is 4.90. The quantitative estimate of drug-likeness (QED) is 0.845. The van der Waals surface area contributed by atoms with Gasteiger partial charge in [0, 0.05) is 30.8 Å². The van der Waals surface area contributed by atoms with Crippen LogP contribution >= 0.6 is 11.6 Å². The highest BCUT2D eigenvalue weighted by Gasteiger charge is 2.20. The largest absolute Gasteiger partial charge is 0.374 e. The normalized spacial score (nSPS) is 15.5. The van der Waals surface area contributed by atoms with E-state index in [4.69, 9.17) is 11.6 Å². The lowest BCUT2D eigenvalue weighted by molar-refractivity contribution is 0.321. The van der Waals surface area contributed by atoms with Crippen LogP contribution < -0.4 is 10.2 Å². The minimum atomic E-state index is 0.825. The highest BCUT2D eigenvalue weighted by Crippen LogP contribution is 2.30. The topological polar surface area (TPSA) is 15.3 Å². The summed E-state index contributed by atoms with van der Waals surface area (Å²) in [5.74, 6) is 0.876. The lowest BCUT2D eigenvalue weighted by atomic mass is 9.85. The van der Waals surface area contributed by atoms with Gasteiger partial charge in [-0.1, -0.05) is 31.0 Å². The van der Waals surface area contributed by atoms with Gasteiger partial charge in [0.15, 0.2) is 0 Å². The van der Waals surface area contributed by atoms with Gasteiger partial charge in [-0.2, -0.15) is 0 Å². The second-order valence-electron chi connectivity index (χ2n) is 5.23. The molecule has 0 saturated heterocycles. The van der Waals surface area contributed by atoms with E-state index in [1.54, 1.807) is 0 Å². The number of benzene rings is 1. The smallest absolute Gasteiger partial charge is 0.0426 e. The fourth-order valence-electron chi connectivity index (χ4n) is 2.46. The van der Waals surface area contributed by atoms with Gasteiger partial charge in [0.25, 0.3) is 0 Å². The molecule has 0 bridgehead atoms. The maximum Gasteiger partial charge on any atom is 0.0426 e. The van der Waals surface area contributed by atoms with E-state index in [-0.39, 0.29) is 0 Å². The summed E-state index contributed by atoms with van der Waals surface area (Å²) in [6.07, 6.45) is 4.17. The molecule has 1 N–H and O–H groups in total. The van der Waals surface area contributed by atoms with Crippen LogP contribution in [0.15, 0.2) is 18.2 Å². The van der Waals surface area contributed by atoms with Crippen molar-refractivity contribution in [3.8, 4) is 0 Å². The van der Waals surface area contributed by atoms with Crippen molar-refractivity contribution >= 4 is 17.3 Å².